The maximum Gasteiger partial charge on any atom is 0.249 e. The summed E-state index contributed by atoms with van der Waals surface area (Å²) in [6.45, 7) is 3.92. The third kappa shape index (κ3) is 2.84. The number of carbonyl (C=O) groups excluding carboxylic acids is 1. The largest absolute Gasteiger partial charge is 0.368 e. The quantitative estimate of drug-likeness (QED) is 0.802. The molecule has 0 unspecified atom stereocenters. The summed E-state index contributed by atoms with van der Waals surface area (Å²) in [6, 6.07) is 0. The lowest BCUT2D eigenvalue weighted by molar-refractivity contribution is -0.130. The highest BCUT2D eigenvalue weighted by Gasteiger charge is 2.23. The van der Waals surface area contributed by atoms with Gasteiger partial charge in [0.15, 0.2) is 11.0 Å². The predicted molar refractivity (Wildman–Crippen MR) is 68.3 cm³/mol. The van der Waals surface area contributed by atoms with Gasteiger partial charge in [0.05, 0.1) is 6.54 Å². The van der Waals surface area contributed by atoms with Crippen LogP contribution >= 0.6 is 11.8 Å². The van der Waals surface area contributed by atoms with E-state index in [0.29, 0.717) is 13.2 Å². The first-order valence-electron chi connectivity index (χ1n) is 6.11. The fraction of sp³-hybridized carbons (Fsp3) is 0.727. The molecule has 0 spiro atoms. The maximum atomic E-state index is 11.8. The molecule has 0 aromatic carbocycles. The standard InChI is InChI=1S/C11H18N4O2S/c1-3-15-9(13-14-11(15)18-2)7-12-10(16)8-5-4-6-17-8/h8H,3-7H2,1-2H3,(H,12,16)/t8-/m1/s1. The van der Waals surface area contributed by atoms with Crippen LogP contribution in [0.2, 0.25) is 0 Å². The van der Waals surface area contributed by atoms with Crippen LogP contribution < -0.4 is 5.32 Å². The molecule has 1 aromatic rings. The van der Waals surface area contributed by atoms with E-state index in [1.54, 1.807) is 11.8 Å². The summed E-state index contributed by atoms with van der Waals surface area (Å²) >= 11 is 1.55. The van der Waals surface area contributed by atoms with Crippen LogP contribution in [0.15, 0.2) is 5.16 Å². The number of aromatic nitrogens is 3. The minimum atomic E-state index is -0.289. The normalized spacial score (nSPS) is 19.1. The fourth-order valence-corrected chi connectivity index (χ4v) is 2.56. The lowest BCUT2D eigenvalue weighted by Crippen LogP contribution is -2.34. The highest BCUT2D eigenvalue weighted by atomic mass is 32.2. The second kappa shape index (κ2) is 6.19. The van der Waals surface area contributed by atoms with Gasteiger partial charge < -0.3 is 14.6 Å². The molecule has 18 heavy (non-hydrogen) atoms. The molecule has 1 N–H and O–H groups in total. The number of hydrogen-bond donors (Lipinski definition) is 1. The van der Waals surface area contributed by atoms with E-state index in [0.717, 1.165) is 30.4 Å². The number of ether oxygens (including phenoxy) is 1. The van der Waals surface area contributed by atoms with E-state index in [1.165, 1.54) is 0 Å². The summed E-state index contributed by atoms with van der Waals surface area (Å²) in [5.74, 6) is 0.733. The molecule has 1 fully saturated rings. The van der Waals surface area contributed by atoms with Crippen LogP contribution in [0.4, 0.5) is 0 Å². The number of nitrogens with one attached hydrogen (secondary N) is 1. The van der Waals surface area contributed by atoms with E-state index in [9.17, 15) is 4.79 Å². The van der Waals surface area contributed by atoms with Gasteiger partial charge in [-0.2, -0.15) is 0 Å². The van der Waals surface area contributed by atoms with Gasteiger partial charge in [0.1, 0.15) is 6.10 Å². The average molecular weight is 270 g/mol. The van der Waals surface area contributed by atoms with Crippen molar-refractivity contribution in [3.63, 3.8) is 0 Å². The van der Waals surface area contributed by atoms with Gasteiger partial charge in [0.2, 0.25) is 5.91 Å². The second-order valence-corrected chi connectivity index (χ2v) is 4.84. The van der Waals surface area contributed by atoms with Crippen LogP contribution in [0.5, 0.6) is 0 Å². The molecule has 0 bridgehead atoms. The lowest BCUT2D eigenvalue weighted by atomic mass is 10.2. The van der Waals surface area contributed by atoms with Crippen LogP contribution in [-0.2, 0) is 22.6 Å². The summed E-state index contributed by atoms with van der Waals surface area (Å²) < 4.78 is 7.33. The average Bonchev–Trinajstić information content (AvgIpc) is 3.04. The summed E-state index contributed by atoms with van der Waals surface area (Å²) in [7, 11) is 0. The topological polar surface area (TPSA) is 69.0 Å². The van der Waals surface area contributed by atoms with E-state index in [2.05, 4.69) is 15.5 Å². The van der Waals surface area contributed by atoms with Gasteiger partial charge in [-0.1, -0.05) is 11.8 Å². The Morgan fingerprint density at radius 2 is 2.44 bits per heavy atom. The van der Waals surface area contributed by atoms with Crippen molar-refractivity contribution < 1.29 is 9.53 Å². The highest BCUT2D eigenvalue weighted by molar-refractivity contribution is 7.98. The Balaban J connectivity index is 1.93. The van der Waals surface area contributed by atoms with Crippen LogP contribution in [0, 0.1) is 0 Å². The molecular weight excluding hydrogens is 252 g/mol. The summed E-state index contributed by atoms with van der Waals surface area (Å²) in [6.07, 6.45) is 3.44. The SMILES string of the molecule is CCn1c(CNC(=O)[C@H]2CCCO2)nnc1SC. The summed E-state index contributed by atoms with van der Waals surface area (Å²) in [5, 5.41) is 11.9. The van der Waals surface area contributed by atoms with Crippen molar-refractivity contribution >= 4 is 17.7 Å². The molecule has 1 aliphatic heterocycles. The Morgan fingerprint density at radius 1 is 1.61 bits per heavy atom. The van der Waals surface area contributed by atoms with Crippen molar-refractivity contribution in [2.45, 2.75) is 44.1 Å². The minimum absolute atomic E-state index is 0.0520. The molecule has 0 aliphatic carbocycles. The van der Waals surface area contributed by atoms with Crippen molar-refractivity contribution in [3.05, 3.63) is 5.82 Å². The van der Waals surface area contributed by atoms with E-state index in [1.807, 2.05) is 17.7 Å². The molecule has 6 nitrogen and oxygen atoms in total. The van der Waals surface area contributed by atoms with Gasteiger partial charge >= 0.3 is 0 Å². The molecule has 2 heterocycles. The van der Waals surface area contributed by atoms with Crippen molar-refractivity contribution in [2.75, 3.05) is 12.9 Å². The van der Waals surface area contributed by atoms with Gasteiger partial charge in [0, 0.05) is 13.2 Å². The molecule has 1 atom stereocenters. The van der Waals surface area contributed by atoms with Crippen LogP contribution in [0.3, 0.4) is 0 Å². The molecule has 0 saturated carbocycles. The molecule has 1 amide bonds. The maximum absolute atomic E-state index is 11.8. The first kappa shape index (κ1) is 13.4. The van der Waals surface area contributed by atoms with E-state index in [4.69, 9.17) is 4.74 Å². The first-order valence-corrected chi connectivity index (χ1v) is 7.34. The molecule has 1 saturated heterocycles. The fourth-order valence-electron chi connectivity index (χ4n) is 1.98. The number of nitrogens with zero attached hydrogens (tertiary/aromatic N) is 3. The number of amides is 1. The van der Waals surface area contributed by atoms with Gasteiger partial charge in [-0.05, 0) is 26.0 Å². The van der Waals surface area contributed by atoms with Crippen molar-refractivity contribution in [1.82, 2.24) is 20.1 Å². The third-order valence-corrected chi connectivity index (χ3v) is 3.60. The number of hydrogen-bond acceptors (Lipinski definition) is 5. The monoisotopic (exact) mass is 270 g/mol. The van der Waals surface area contributed by atoms with Gasteiger partial charge in [-0.25, -0.2) is 0 Å². The van der Waals surface area contributed by atoms with Gasteiger partial charge in [-0.15, -0.1) is 10.2 Å². The zero-order valence-corrected chi connectivity index (χ0v) is 11.5. The van der Waals surface area contributed by atoms with Crippen molar-refractivity contribution in [2.24, 2.45) is 0 Å². The molecule has 1 aliphatic rings. The second-order valence-electron chi connectivity index (χ2n) is 4.07. The Bertz CT molecular complexity index is 415. The zero-order valence-electron chi connectivity index (χ0n) is 10.7. The van der Waals surface area contributed by atoms with E-state index in [-0.39, 0.29) is 12.0 Å². The number of carbonyl (C=O) groups is 1. The van der Waals surface area contributed by atoms with Crippen LogP contribution in [-0.4, -0.2) is 39.6 Å². The van der Waals surface area contributed by atoms with Crippen molar-refractivity contribution in [3.8, 4) is 0 Å². The predicted octanol–water partition coefficient (Wildman–Crippen LogP) is 0.815. The zero-order chi connectivity index (χ0) is 13.0. The third-order valence-electron chi connectivity index (χ3n) is 2.94. The molecule has 2 rings (SSSR count). The number of thioether (sulfide) groups is 1. The Hall–Kier alpha value is -1.08. The molecule has 7 heteroatoms. The van der Waals surface area contributed by atoms with Crippen LogP contribution in [0.1, 0.15) is 25.6 Å². The number of rotatable bonds is 5. The van der Waals surface area contributed by atoms with Crippen molar-refractivity contribution in [1.29, 1.82) is 0 Å². The molecule has 0 radical (unpaired) electrons. The Kier molecular flexibility index (Phi) is 4.60. The lowest BCUT2D eigenvalue weighted by Gasteiger charge is -2.10. The summed E-state index contributed by atoms with van der Waals surface area (Å²) in [4.78, 5) is 11.8. The van der Waals surface area contributed by atoms with E-state index >= 15 is 0 Å². The molecule has 1 aromatic heterocycles. The highest BCUT2D eigenvalue weighted by Crippen LogP contribution is 2.14. The molecule has 100 valence electrons. The first-order chi connectivity index (χ1) is 8.76. The van der Waals surface area contributed by atoms with E-state index < -0.39 is 0 Å². The smallest absolute Gasteiger partial charge is 0.249 e. The summed E-state index contributed by atoms with van der Waals surface area (Å²) in [5.41, 5.74) is 0. The molecular formula is C11H18N4O2S. The van der Waals surface area contributed by atoms with Crippen LogP contribution in [0.25, 0.3) is 0 Å². The minimum Gasteiger partial charge on any atom is -0.368 e. The Morgan fingerprint density at radius 3 is 3.06 bits per heavy atom. The van der Waals surface area contributed by atoms with Gasteiger partial charge in [-0.3, -0.25) is 4.79 Å². The Labute approximate surface area is 110 Å². The van der Waals surface area contributed by atoms with Gasteiger partial charge in [0.25, 0.3) is 0 Å².